The second-order valence-corrected chi connectivity index (χ2v) is 6.19. The number of benzene rings is 2. The highest BCUT2D eigenvalue weighted by molar-refractivity contribution is 6.35. The first-order valence-electron chi connectivity index (χ1n) is 6.88. The van der Waals surface area contributed by atoms with Gasteiger partial charge >= 0.3 is 0 Å². The van der Waals surface area contributed by atoms with Crippen molar-refractivity contribution in [1.82, 2.24) is 5.32 Å². The highest BCUT2D eigenvalue weighted by Gasteiger charge is 2.32. The normalized spacial score (nSPS) is 18.2. The number of nitrogens with one attached hydrogen (secondary N) is 1. The van der Waals surface area contributed by atoms with Crippen LogP contribution >= 0.6 is 23.2 Å². The van der Waals surface area contributed by atoms with Crippen molar-refractivity contribution >= 4 is 23.2 Å². The number of rotatable bonds is 4. The van der Waals surface area contributed by atoms with Crippen LogP contribution in [0.3, 0.4) is 0 Å². The average Bonchev–Trinajstić information content (AvgIpc) is 2.41. The highest BCUT2D eigenvalue weighted by atomic mass is 35.5. The van der Waals surface area contributed by atoms with Gasteiger partial charge in [-0.25, -0.2) is 0 Å². The van der Waals surface area contributed by atoms with Crippen molar-refractivity contribution < 1.29 is 0 Å². The van der Waals surface area contributed by atoms with Gasteiger partial charge in [-0.3, -0.25) is 0 Å². The minimum atomic E-state index is 0.406. The Morgan fingerprint density at radius 3 is 2.70 bits per heavy atom. The van der Waals surface area contributed by atoms with Crippen LogP contribution in [0.5, 0.6) is 0 Å². The Balaban J connectivity index is 1.79. The summed E-state index contributed by atoms with van der Waals surface area (Å²) >= 11 is 12.2. The molecule has 20 heavy (non-hydrogen) atoms. The van der Waals surface area contributed by atoms with E-state index in [1.165, 1.54) is 11.1 Å². The molecule has 1 aliphatic rings. The van der Waals surface area contributed by atoms with Gasteiger partial charge in [0, 0.05) is 22.0 Å². The van der Waals surface area contributed by atoms with Crippen molar-refractivity contribution in [3.8, 4) is 0 Å². The van der Waals surface area contributed by atoms with Crippen molar-refractivity contribution in [3.63, 3.8) is 0 Å². The third kappa shape index (κ3) is 2.58. The van der Waals surface area contributed by atoms with Gasteiger partial charge < -0.3 is 5.32 Å². The molecule has 3 rings (SSSR count). The van der Waals surface area contributed by atoms with Gasteiger partial charge in [-0.15, -0.1) is 0 Å². The monoisotopic (exact) mass is 305 g/mol. The van der Waals surface area contributed by atoms with Gasteiger partial charge in [0.05, 0.1) is 0 Å². The quantitative estimate of drug-likeness (QED) is 0.879. The maximum absolute atomic E-state index is 6.28. The first-order chi connectivity index (χ1) is 9.69. The second kappa shape index (κ2) is 5.77. The van der Waals surface area contributed by atoms with E-state index in [9.17, 15) is 0 Å². The van der Waals surface area contributed by atoms with E-state index >= 15 is 0 Å². The molecule has 1 nitrogen and oxygen atoms in total. The Hall–Kier alpha value is -1.02. The van der Waals surface area contributed by atoms with Crippen molar-refractivity contribution in [2.24, 2.45) is 0 Å². The van der Waals surface area contributed by atoms with E-state index in [-0.39, 0.29) is 0 Å². The molecule has 0 amide bonds. The minimum absolute atomic E-state index is 0.406. The molecule has 0 aliphatic heterocycles. The van der Waals surface area contributed by atoms with Crippen LogP contribution in [-0.4, -0.2) is 13.1 Å². The Bertz CT molecular complexity index is 624. The molecule has 1 N–H and O–H groups in total. The number of halogens is 2. The topological polar surface area (TPSA) is 12.0 Å². The van der Waals surface area contributed by atoms with Gasteiger partial charge in [-0.2, -0.15) is 0 Å². The predicted molar refractivity (Wildman–Crippen MR) is 85.9 cm³/mol. The third-order valence-corrected chi connectivity index (χ3v) is 4.79. The molecule has 2 unspecified atom stereocenters. The van der Waals surface area contributed by atoms with E-state index in [4.69, 9.17) is 23.2 Å². The van der Waals surface area contributed by atoms with Gasteiger partial charge in [-0.1, -0.05) is 53.5 Å². The second-order valence-electron chi connectivity index (χ2n) is 5.34. The van der Waals surface area contributed by atoms with Crippen LogP contribution in [0.4, 0.5) is 0 Å². The molecule has 2 atom stereocenters. The maximum Gasteiger partial charge on any atom is 0.0453 e. The van der Waals surface area contributed by atoms with Gasteiger partial charge in [0.2, 0.25) is 0 Å². The van der Waals surface area contributed by atoms with Crippen LogP contribution in [-0.2, 0) is 12.8 Å². The number of hydrogen-bond donors (Lipinski definition) is 1. The molecule has 0 bridgehead atoms. The number of hydrogen-bond acceptors (Lipinski definition) is 1. The van der Waals surface area contributed by atoms with E-state index in [0.717, 1.165) is 23.4 Å². The zero-order valence-corrected chi connectivity index (χ0v) is 12.9. The maximum atomic E-state index is 6.28. The lowest BCUT2D eigenvalue weighted by atomic mass is 9.72. The van der Waals surface area contributed by atoms with Crippen LogP contribution in [0.25, 0.3) is 0 Å². The fourth-order valence-corrected chi connectivity index (χ4v) is 3.51. The first-order valence-corrected chi connectivity index (χ1v) is 7.63. The number of likely N-dealkylation sites (N-methyl/N-ethyl adjacent to an activating group) is 1. The summed E-state index contributed by atoms with van der Waals surface area (Å²) in [7, 11) is 2.02. The van der Waals surface area contributed by atoms with Gasteiger partial charge in [0.15, 0.2) is 0 Å². The smallest absolute Gasteiger partial charge is 0.0453 e. The summed E-state index contributed by atoms with van der Waals surface area (Å²) in [6, 6.07) is 14.8. The van der Waals surface area contributed by atoms with Crippen LogP contribution < -0.4 is 5.32 Å². The Morgan fingerprint density at radius 2 is 2.00 bits per heavy atom. The molecule has 0 saturated heterocycles. The molecular weight excluding hydrogens is 289 g/mol. The molecule has 0 radical (unpaired) electrons. The van der Waals surface area contributed by atoms with Crippen molar-refractivity contribution in [2.75, 3.05) is 7.05 Å². The molecule has 2 aromatic carbocycles. The fraction of sp³-hybridized carbons (Fsp3) is 0.294. The molecule has 2 aromatic rings. The molecule has 3 heteroatoms. The molecule has 0 fully saturated rings. The Kier molecular flexibility index (Phi) is 4.02. The zero-order chi connectivity index (χ0) is 14.1. The molecular formula is C17H17Cl2N. The van der Waals surface area contributed by atoms with Crippen LogP contribution in [0.2, 0.25) is 10.0 Å². The average molecular weight is 306 g/mol. The first kappa shape index (κ1) is 13.9. The Labute approximate surface area is 129 Å². The summed E-state index contributed by atoms with van der Waals surface area (Å²) < 4.78 is 0. The standard InChI is InChI=1S/C17H17Cl2N/c1-20-17(9-12-6-7-13(18)10-16(12)19)15-8-11-4-2-3-5-14(11)15/h2-7,10,15,17,20H,8-9H2,1H3. The SMILES string of the molecule is CNC(Cc1ccc(Cl)cc1Cl)C1Cc2ccccc21. The van der Waals surface area contributed by atoms with E-state index < -0.39 is 0 Å². The number of fused-ring (bicyclic) bond motifs is 1. The largest absolute Gasteiger partial charge is 0.316 e. The van der Waals surface area contributed by atoms with E-state index in [1.54, 1.807) is 0 Å². The lowest BCUT2D eigenvalue weighted by Crippen LogP contribution is -2.39. The van der Waals surface area contributed by atoms with Gasteiger partial charge in [0.25, 0.3) is 0 Å². The van der Waals surface area contributed by atoms with Crippen LogP contribution in [0.15, 0.2) is 42.5 Å². The summed E-state index contributed by atoms with van der Waals surface area (Å²) in [5.41, 5.74) is 4.09. The van der Waals surface area contributed by atoms with E-state index in [2.05, 4.69) is 29.6 Å². The summed E-state index contributed by atoms with van der Waals surface area (Å²) in [5.74, 6) is 0.572. The molecule has 0 saturated carbocycles. The highest BCUT2D eigenvalue weighted by Crippen LogP contribution is 2.38. The summed E-state index contributed by atoms with van der Waals surface area (Å²) in [6.07, 6.45) is 2.07. The van der Waals surface area contributed by atoms with E-state index in [0.29, 0.717) is 17.0 Å². The van der Waals surface area contributed by atoms with Crippen molar-refractivity contribution in [3.05, 3.63) is 69.2 Å². The summed E-state index contributed by atoms with van der Waals surface area (Å²) in [5, 5.41) is 4.89. The van der Waals surface area contributed by atoms with Gasteiger partial charge in [0.1, 0.15) is 0 Å². The van der Waals surface area contributed by atoms with E-state index in [1.807, 2.05) is 25.2 Å². The Morgan fingerprint density at radius 1 is 1.20 bits per heavy atom. The third-order valence-electron chi connectivity index (χ3n) is 4.21. The van der Waals surface area contributed by atoms with Crippen molar-refractivity contribution in [1.29, 1.82) is 0 Å². The molecule has 0 aromatic heterocycles. The van der Waals surface area contributed by atoms with Crippen molar-refractivity contribution in [2.45, 2.75) is 24.8 Å². The summed E-state index contributed by atoms with van der Waals surface area (Å²) in [6.45, 7) is 0. The molecule has 0 spiro atoms. The molecule has 1 aliphatic carbocycles. The van der Waals surface area contributed by atoms with Gasteiger partial charge in [-0.05, 0) is 48.7 Å². The van der Waals surface area contributed by atoms with Crippen LogP contribution in [0.1, 0.15) is 22.6 Å². The zero-order valence-electron chi connectivity index (χ0n) is 11.4. The molecule has 0 heterocycles. The predicted octanol–water partition coefficient (Wildman–Crippen LogP) is 4.46. The lowest BCUT2D eigenvalue weighted by Gasteiger charge is -2.36. The van der Waals surface area contributed by atoms with Crippen LogP contribution in [0, 0.1) is 0 Å². The minimum Gasteiger partial charge on any atom is -0.316 e. The molecule has 104 valence electrons. The fourth-order valence-electron chi connectivity index (χ4n) is 3.03. The lowest BCUT2D eigenvalue weighted by molar-refractivity contribution is 0.422. The summed E-state index contributed by atoms with van der Waals surface area (Å²) in [4.78, 5) is 0.